The zero-order valence-corrected chi connectivity index (χ0v) is 6.16. The van der Waals surface area contributed by atoms with Crippen molar-refractivity contribution in [2.45, 2.75) is 25.7 Å². The fourth-order valence-corrected chi connectivity index (χ4v) is 0.539. The molecule has 0 aromatic rings. The summed E-state index contributed by atoms with van der Waals surface area (Å²) >= 11 is 0. The van der Waals surface area contributed by atoms with Crippen LogP contribution >= 0.6 is 0 Å². The van der Waals surface area contributed by atoms with Gasteiger partial charge in [-0.05, 0) is 6.92 Å². The molecule has 0 amide bonds. The average molecular weight is 146 g/mol. The molecule has 0 saturated heterocycles. The molecule has 0 fully saturated rings. The molecule has 0 spiro atoms. The Morgan fingerprint density at radius 2 is 2.20 bits per heavy atom. The number of ether oxygens (including phenoxy) is 1. The summed E-state index contributed by atoms with van der Waals surface area (Å²) in [6, 6.07) is 0. The molecule has 3 nitrogen and oxygen atoms in total. The first kappa shape index (κ1) is 9.62. The van der Waals surface area contributed by atoms with E-state index in [0.717, 1.165) is 0 Å². The van der Waals surface area contributed by atoms with Crippen molar-refractivity contribution in [3.05, 3.63) is 12.7 Å². The van der Waals surface area contributed by atoms with E-state index in [1.165, 1.54) is 0 Å². The van der Waals surface area contributed by atoms with Crippen LogP contribution in [0.25, 0.3) is 0 Å². The maximum Gasteiger partial charge on any atom is 0.157 e. The van der Waals surface area contributed by atoms with Gasteiger partial charge in [-0.2, -0.15) is 0 Å². The van der Waals surface area contributed by atoms with Crippen molar-refractivity contribution < 1.29 is 14.9 Å². The largest absolute Gasteiger partial charge is 0.393 e. The molecule has 10 heavy (non-hydrogen) atoms. The van der Waals surface area contributed by atoms with Crippen molar-refractivity contribution in [3.8, 4) is 0 Å². The predicted molar refractivity (Wildman–Crippen MR) is 38.5 cm³/mol. The molecule has 0 aliphatic heterocycles. The minimum Gasteiger partial charge on any atom is -0.393 e. The number of aliphatic hydroxyl groups excluding tert-OH is 2. The van der Waals surface area contributed by atoms with E-state index < -0.39 is 12.4 Å². The molecule has 0 aromatic heterocycles. The lowest BCUT2D eigenvalue weighted by Crippen LogP contribution is -2.18. The highest BCUT2D eigenvalue weighted by Gasteiger charge is 2.05. The van der Waals surface area contributed by atoms with Crippen LogP contribution in [0.15, 0.2) is 12.7 Å². The zero-order chi connectivity index (χ0) is 7.98. The summed E-state index contributed by atoms with van der Waals surface area (Å²) in [6.45, 7) is 5.32. The molecule has 0 saturated carbocycles. The second-order valence-electron chi connectivity index (χ2n) is 2.16. The monoisotopic (exact) mass is 146 g/mol. The van der Waals surface area contributed by atoms with Gasteiger partial charge in [0.15, 0.2) is 6.29 Å². The predicted octanol–water partition coefficient (Wildman–Crippen LogP) is 0.278. The number of aliphatic hydroxyl groups is 2. The van der Waals surface area contributed by atoms with Crippen molar-refractivity contribution in [2.75, 3.05) is 6.61 Å². The van der Waals surface area contributed by atoms with Gasteiger partial charge < -0.3 is 14.9 Å². The van der Waals surface area contributed by atoms with Crippen molar-refractivity contribution in [1.29, 1.82) is 0 Å². The molecule has 60 valence electrons. The van der Waals surface area contributed by atoms with Gasteiger partial charge in [0, 0.05) is 6.42 Å². The normalized spacial score (nSPS) is 16.3. The fourth-order valence-electron chi connectivity index (χ4n) is 0.539. The average Bonchev–Trinajstić information content (AvgIpc) is 1.82. The maximum atomic E-state index is 8.92. The van der Waals surface area contributed by atoms with Crippen LogP contribution in [0.2, 0.25) is 0 Å². The van der Waals surface area contributed by atoms with E-state index in [1.54, 1.807) is 13.0 Å². The number of hydrogen-bond acceptors (Lipinski definition) is 3. The lowest BCUT2D eigenvalue weighted by molar-refractivity contribution is -0.108. The molecule has 0 aliphatic rings. The molecule has 2 N–H and O–H groups in total. The highest BCUT2D eigenvalue weighted by atomic mass is 16.6. The fraction of sp³-hybridized carbons (Fsp3) is 0.714. The van der Waals surface area contributed by atoms with Crippen molar-refractivity contribution in [1.82, 2.24) is 0 Å². The Balaban J connectivity index is 3.24. The molecule has 3 heteroatoms. The van der Waals surface area contributed by atoms with Crippen LogP contribution in [-0.4, -0.2) is 29.2 Å². The van der Waals surface area contributed by atoms with E-state index in [9.17, 15) is 0 Å². The van der Waals surface area contributed by atoms with Crippen LogP contribution in [-0.2, 0) is 4.74 Å². The summed E-state index contributed by atoms with van der Waals surface area (Å²) < 4.78 is 4.78. The lowest BCUT2D eigenvalue weighted by atomic mass is 10.3. The zero-order valence-electron chi connectivity index (χ0n) is 6.16. The lowest BCUT2D eigenvalue weighted by Gasteiger charge is -2.11. The van der Waals surface area contributed by atoms with Crippen LogP contribution in [0, 0.1) is 0 Å². The highest BCUT2D eigenvalue weighted by Crippen LogP contribution is 1.98. The minimum atomic E-state index is -0.877. The second-order valence-corrected chi connectivity index (χ2v) is 2.16. The van der Waals surface area contributed by atoms with Gasteiger partial charge in [0.05, 0.1) is 12.7 Å². The van der Waals surface area contributed by atoms with Crippen molar-refractivity contribution in [2.24, 2.45) is 0 Å². The third-order valence-corrected chi connectivity index (χ3v) is 0.949. The molecular formula is C7H14O3. The topological polar surface area (TPSA) is 49.7 Å². The third-order valence-electron chi connectivity index (χ3n) is 0.949. The smallest absolute Gasteiger partial charge is 0.157 e. The first-order chi connectivity index (χ1) is 4.66. The van der Waals surface area contributed by atoms with E-state index in [1.807, 2.05) is 0 Å². The van der Waals surface area contributed by atoms with Crippen molar-refractivity contribution in [3.63, 3.8) is 0 Å². The van der Waals surface area contributed by atoms with E-state index in [-0.39, 0.29) is 6.42 Å². The van der Waals surface area contributed by atoms with Crippen LogP contribution in [0.3, 0.4) is 0 Å². The Morgan fingerprint density at radius 3 is 2.60 bits per heavy atom. The Bertz CT molecular complexity index is 90.9. The highest BCUT2D eigenvalue weighted by molar-refractivity contribution is 4.64. The first-order valence-electron chi connectivity index (χ1n) is 3.25. The second kappa shape index (κ2) is 5.41. The van der Waals surface area contributed by atoms with Gasteiger partial charge in [0.25, 0.3) is 0 Å². The van der Waals surface area contributed by atoms with Gasteiger partial charge in [-0.3, -0.25) is 0 Å². The standard InChI is InChI=1S/C7H14O3/c1-3-4-10-7(9)5-6(2)8/h3,6-9H,1,4-5H2,2H3. The molecule has 0 aliphatic carbocycles. The first-order valence-corrected chi connectivity index (χ1v) is 3.25. The van der Waals surface area contributed by atoms with Gasteiger partial charge >= 0.3 is 0 Å². The Labute approximate surface area is 60.9 Å². The van der Waals surface area contributed by atoms with Gasteiger partial charge in [0.2, 0.25) is 0 Å². The maximum absolute atomic E-state index is 8.92. The van der Waals surface area contributed by atoms with Crippen LogP contribution in [0.1, 0.15) is 13.3 Å². The van der Waals surface area contributed by atoms with E-state index in [0.29, 0.717) is 6.61 Å². The minimum absolute atomic E-state index is 0.244. The molecule has 0 rings (SSSR count). The summed E-state index contributed by atoms with van der Waals surface area (Å²) in [7, 11) is 0. The summed E-state index contributed by atoms with van der Waals surface area (Å²) in [5.41, 5.74) is 0. The molecular weight excluding hydrogens is 132 g/mol. The molecule has 0 heterocycles. The molecule has 2 atom stereocenters. The van der Waals surface area contributed by atoms with Crippen molar-refractivity contribution >= 4 is 0 Å². The summed E-state index contributed by atoms with van der Waals surface area (Å²) in [6.07, 6.45) is 0.386. The van der Waals surface area contributed by atoms with E-state index >= 15 is 0 Å². The molecule has 0 radical (unpaired) electrons. The van der Waals surface area contributed by atoms with Gasteiger partial charge in [0.1, 0.15) is 0 Å². The van der Waals surface area contributed by atoms with E-state index in [2.05, 4.69) is 6.58 Å². The Hall–Kier alpha value is -0.380. The van der Waals surface area contributed by atoms with Crippen LogP contribution < -0.4 is 0 Å². The van der Waals surface area contributed by atoms with Gasteiger partial charge in [-0.25, -0.2) is 0 Å². The summed E-state index contributed by atoms with van der Waals surface area (Å²) in [5.74, 6) is 0. The number of rotatable bonds is 5. The van der Waals surface area contributed by atoms with Gasteiger partial charge in [-0.1, -0.05) is 6.08 Å². The molecule has 2 unspecified atom stereocenters. The van der Waals surface area contributed by atoms with Crippen LogP contribution in [0.4, 0.5) is 0 Å². The molecule has 0 aromatic carbocycles. The van der Waals surface area contributed by atoms with Crippen LogP contribution in [0.5, 0.6) is 0 Å². The SMILES string of the molecule is C=CCOC(O)CC(C)O. The summed E-state index contributed by atoms with van der Waals surface area (Å²) in [4.78, 5) is 0. The van der Waals surface area contributed by atoms with Gasteiger partial charge in [-0.15, -0.1) is 6.58 Å². The molecule has 0 bridgehead atoms. The van der Waals surface area contributed by atoms with E-state index in [4.69, 9.17) is 14.9 Å². The Morgan fingerprint density at radius 1 is 1.60 bits per heavy atom. The number of hydrogen-bond donors (Lipinski definition) is 2. The quantitative estimate of drug-likeness (QED) is 0.432. The summed E-state index contributed by atoms with van der Waals surface area (Å²) in [5, 5.41) is 17.7. The third kappa shape index (κ3) is 5.75. The Kier molecular flexibility index (Phi) is 5.20.